The number of furan rings is 1. The van der Waals surface area contributed by atoms with Gasteiger partial charge in [-0.2, -0.15) is 5.26 Å². The smallest absolute Gasteiger partial charge is 0.228 e. The van der Waals surface area contributed by atoms with Crippen molar-refractivity contribution in [2.24, 2.45) is 5.92 Å². The highest BCUT2D eigenvalue weighted by Gasteiger charge is 2.24. The zero-order chi connectivity index (χ0) is 16.2. The van der Waals surface area contributed by atoms with Crippen molar-refractivity contribution in [2.75, 3.05) is 18.0 Å². The molecule has 0 aromatic carbocycles. The van der Waals surface area contributed by atoms with Crippen LogP contribution >= 0.6 is 11.8 Å². The van der Waals surface area contributed by atoms with Crippen molar-refractivity contribution in [3.05, 3.63) is 24.2 Å². The molecule has 7 heteroatoms. The predicted molar refractivity (Wildman–Crippen MR) is 89.4 cm³/mol. The van der Waals surface area contributed by atoms with Gasteiger partial charge >= 0.3 is 0 Å². The molecule has 6 nitrogen and oxygen atoms in total. The Bertz CT molecular complexity index is 667. The number of aromatic nitrogens is 3. The van der Waals surface area contributed by atoms with Crippen LogP contribution < -0.4 is 4.90 Å². The molecular weight excluding hydrogens is 310 g/mol. The summed E-state index contributed by atoms with van der Waals surface area (Å²) in [4.78, 5) is 2.29. The number of nitrogens with zero attached hydrogens (tertiary/aromatic N) is 5. The lowest BCUT2D eigenvalue weighted by Crippen LogP contribution is -2.35. The maximum Gasteiger partial charge on any atom is 0.228 e. The molecule has 1 fully saturated rings. The summed E-state index contributed by atoms with van der Waals surface area (Å²) in [5.41, 5.74) is 0. The van der Waals surface area contributed by atoms with Crippen LogP contribution in [0, 0.1) is 17.2 Å². The fourth-order valence-electron chi connectivity index (χ4n) is 2.69. The summed E-state index contributed by atoms with van der Waals surface area (Å²) in [6, 6.07) is 6.07. The molecule has 2 aromatic heterocycles. The van der Waals surface area contributed by atoms with Crippen molar-refractivity contribution < 1.29 is 4.42 Å². The van der Waals surface area contributed by atoms with Gasteiger partial charge in [-0.15, -0.1) is 10.2 Å². The minimum absolute atomic E-state index is 0.163. The average Bonchev–Trinajstić information content (AvgIpc) is 3.20. The molecule has 122 valence electrons. The molecule has 1 unspecified atom stereocenters. The number of thioether (sulfide) groups is 1. The molecule has 1 atom stereocenters. The molecule has 1 aliphatic rings. The third-order valence-corrected chi connectivity index (χ3v) is 5.09. The SMILES string of the molecule is CC1CCN(c2nnc(SC(C)C#N)n2Cc2ccco2)CC1. The number of rotatable bonds is 5. The molecule has 3 rings (SSSR count). The molecule has 0 radical (unpaired) electrons. The quantitative estimate of drug-likeness (QED) is 0.784. The summed E-state index contributed by atoms with van der Waals surface area (Å²) < 4.78 is 7.55. The highest BCUT2D eigenvalue weighted by atomic mass is 32.2. The molecule has 1 saturated heterocycles. The molecule has 1 aliphatic heterocycles. The zero-order valence-corrected chi connectivity index (χ0v) is 14.3. The maximum atomic E-state index is 9.07. The summed E-state index contributed by atoms with van der Waals surface area (Å²) >= 11 is 1.44. The summed E-state index contributed by atoms with van der Waals surface area (Å²) in [5, 5.41) is 18.4. The zero-order valence-electron chi connectivity index (χ0n) is 13.5. The monoisotopic (exact) mass is 331 g/mol. The summed E-state index contributed by atoms with van der Waals surface area (Å²) in [6.07, 6.45) is 4.02. The minimum Gasteiger partial charge on any atom is -0.467 e. The van der Waals surface area contributed by atoms with Gasteiger partial charge in [0, 0.05) is 13.1 Å². The van der Waals surface area contributed by atoms with Gasteiger partial charge in [0.05, 0.1) is 24.1 Å². The number of hydrogen-bond donors (Lipinski definition) is 0. The van der Waals surface area contributed by atoms with Crippen molar-refractivity contribution in [3.63, 3.8) is 0 Å². The number of hydrogen-bond acceptors (Lipinski definition) is 6. The minimum atomic E-state index is -0.163. The Morgan fingerprint density at radius 2 is 2.22 bits per heavy atom. The Labute approximate surface area is 140 Å². The molecule has 0 aliphatic carbocycles. The van der Waals surface area contributed by atoms with Crippen LogP contribution in [0.25, 0.3) is 0 Å². The van der Waals surface area contributed by atoms with Crippen molar-refractivity contribution in [1.82, 2.24) is 14.8 Å². The highest BCUT2D eigenvalue weighted by Crippen LogP contribution is 2.28. The van der Waals surface area contributed by atoms with Gasteiger partial charge in [-0.05, 0) is 37.8 Å². The van der Waals surface area contributed by atoms with E-state index in [-0.39, 0.29) is 5.25 Å². The number of anilines is 1. The lowest BCUT2D eigenvalue weighted by atomic mass is 10.00. The van der Waals surface area contributed by atoms with Gasteiger partial charge in [0.15, 0.2) is 5.16 Å². The van der Waals surface area contributed by atoms with E-state index in [9.17, 15) is 0 Å². The first-order chi connectivity index (χ1) is 11.2. The predicted octanol–water partition coefficient (Wildman–Crippen LogP) is 3.16. The lowest BCUT2D eigenvalue weighted by molar-refractivity contribution is 0.427. The largest absolute Gasteiger partial charge is 0.467 e. The molecule has 0 spiro atoms. The lowest BCUT2D eigenvalue weighted by Gasteiger charge is -2.31. The van der Waals surface area contributed by atoms with Crippen molar-refractivity contribution in [1.29, 1.82) is 5.26 Å². The van der Waals surface area contributed by atoms with Gasteiger partial charge < -0.3 is 9.32 Å². The van der Waals surface area contributed by atoms with E-state index < -0.39 is 0 Å². The molecular formula is C16H21N5OS. The van der Waals surface area contributed by atoms with Crippen LogP contribution in [-0.2, 0) is 6.54 Å². The molecule has 3 heterocycles. The summed E-state index contributed by atoms with van der Waals surface area (Å²) in [6.45, 7) is 6.74. The van der Waals surface area contributed by atoms with Crippen LogP contribution in [0.2, 0.25) is 0 Å². The first-order valence-electron chi connectivity index (χ1n) is 7.94. The van der Waals surface area contributed by atoms with E-state index >= 15 is 0 Å². The number of nitriles is 1. The van der Waals surface area contributed by atoms with E-state index in [1.807, 2.05) is 19.1 Å². The highest BCUT2D eigenvalue weighted by molar-refractivity contribution is 8.00. The molecule has 0 bridgehead atoms. The molecule has 23 heavy (non-hydrogen) atoms. The second-order valence-electron chi connectivity index (χ2n) is 6.01. The van der Waals surface area contributed by atoms with Crippen LogP contribution in [0.1, 0.15) is 32.4 Å². The second-order valence-corrected chi connectivity index (χ2v) is 7.31. The van der Waals surface area contributed by atoms with Crippen LogP contribution in [0.3, 0.4) is 0 Å². The normalized spacial score (nSPS) is 17.2. The van der Waals surface area contributed by atoms with Gasteiger partial charge in [-0.25, -0.2) is 0 Å². The van der Waals surface area contributed by atoms with E-state index in [0.29, 0.717) is 6.54 Å². The fourth-order valence-corrected chi connectivity index (χ4v) is 3.42. The van der Waals surface area contributed by atoms with Gasteiger partial charge in [0.1, 0.15) is 5.76 Å². The van der Waals surface area contributed by atoms with E-state index in [1.54, 1.807) is 6.26 Å². The number of piperidine rings is 1. The third kappa shape index (κ3) is 3.70. The Hall–Kier alpha value is -1.94. The molecule has 0 saturated carbocycles. The summed E-state index contributed by atoms with van der Waals surface area (Å²) in [5.74, 6) is 2.50. The fraction of sp³-hybridized carbons (Fsp3) is 0.562. The Morgan fingerprint density at radius 3 is 2.87 bits per heavy atom. The van der Waals surface area contributed by atoms with E-state index in [4.69, 9.17) is 9.68 Å². The van der Waals surface area contributed by atoms with Crippen molar-refractivity contribution in [3.8, 4) is 6.07 Å². The molecule has 0 N–H and O–H groups in total. The van der Waals surface area contributed by atoms with E-state index in [1.165, 1.54) is 24.6 Å². The van der Waals surface area contributed by atoms with Crippen molar-refractivity contribution in [2.45, 2.75) is 43.6 Å². The maximum absolute atomic E-state index is 9.07. The molecule has 0 amide bonds. The van der Waals surface area contributed by atoms with E-state index in [0.717, 1.165) is 35.9 Å². The van der Waals surface area contributed by atoms with Gasteiger partial charge in [-0.3, -0.25) is 4.57 Å². The average molecular weight is 331 g/mol. The first kappa shape index (κ1) is 15.9. The van der Waals surface area contributed by atoms with Crippen LogP contribution in [0.15, 0.2) is 28.0 Å². The Balaban J connectivity index is 1.87. The van der Waals surface area contributed by atoms with Crippen LogP contribution in [-0.4, -0.2) is 33.1 Å². The Kier molecular flexibility index (Phi) is 4.91. The molecule has 2 aromatic rings. The van der Waals surface area contributed by atoms with Crippen LogP contribution in [0.4, 0.5) is 5.95 Å². The third-order valence-electron chi connectivity index (χ3n) is 4.12. The van der Waals surface area contributed by atoms with Gasteiger partial charge in [-0.1, -0.05) is 18.7 Å². The standard InChI is InChI=1S/C16H21N5OS/c1-12-5-7-20(8-6-12)15-18-19-16(23-13(2)10-17)21(15)11-14-4-3-9-22-14/h3-4,9,12-13H,5-8,11H2,1-2H3. The summed E-state index contributed by atoms with van der Waals surface area (Å²) in [7, 11) is 0. The Morgan fingerprint density at radius 1 is 1.43 bits per heavy atom. The van der Waals surface area contributed by atoms with Gasteiger partial charge in [0.2, 0.25) is 5.95 Å². The van der Waals surface area contributed by atoms with Crippen LogP contribution in [0.5, 0.6) is 0 Å². The van der Waals surface area contributed by atoms with Gasteiger partial charge in [0.25, 0.3) is 0 Å². The second kappa shape index (κ2) is 7.09. The first-order valence-corrected chi connectivity index (χ1v) is 8.82. The van der Waals surface area contributed by atoms with E-state index in [2.05, 4.69) is 32.7 Å². The van der Waals surface area contributed by atoms with Crippen molar-refractivity contribution >= 4 is 17.7 Å². The topological polar surface area (TPSA) is 70.9 Å².